The molecule has 0 aromatic heterocycles. The third-order valence-corrected chi connectivity index (χ3v) is 30.6. The average Bonchev–Trinajstić information content (AvgIpc) is 0.730. The van der Waals surface area contributed by atoms with Gasteiger partial charge in [-0.2, -0.15) is 0 Å². The quantitative estimate of drug-likeness (QED) is 0.0523. The van der Waals surface area contributed by atoms with E-state index in [1.807, 2.05) is 0 Å². The average molecular weight is 2400 g/mol. The van der Waals surface area contributed by atoms with Gasteiger partial charge in [-0.1, -0.05) is 315 Å². The number of hydrogen-bond donors (Lipinski definition) is 5. The molecule has 144 heavy (non-hydrogen) atoms. The van der Waals surface area contributed by atoms with Crippen molar-refractivity contribution in [1.82, 2.24) is 0 Å². The molecule has 0 aliphatic heterocycles. The standard InChI is InChI=1S/2C28H18IN.3C26H18IN/c29-22-11-15-24(16-12-22)30-23-13-9-18(10-14-23)26-17-21-5-1-3-19-7-8-20-4-2-6-25(26)28(20)27(19)21;29-22-10-14-24(15-11-22)30-23-12-6-18(7-13-23)25-16-8-21-5-4-19-2-1-3-20-9-17-26(25)28(21)27(19)20;27-20-11-15-22(16-12-20)28-21-13-9-18(10-14-21)26-17-19-5-1-2-6-23(19)24-7-3-4-8-25(24)26;27-20-11-15-22(16-12-20)28-21-13-8-19(9-14-21)24-6-3-7-25-23-5-2-1-4-18(23)10-17-26(24)25;27-22-10-14-24(15-11-22)28-23-12-7-18(8-13-23)20-9-16-26-21(17-20)6-5-19-3-1-2-4-25(19)26/h2*1-17,30H;3*1-17,28H. The molecule has 27 rings (SSSR count). The number of rotatable bonds is 15. The highest BCUT2D eigenvalue weighted by atomic mass is 127. The van der Waals surface area contributed by atoms with Crippen molar-refractivity contribution in [3.8, 4) is 55.6 Å². The minimum absolute atomic E-state index is 1.09. The summed E-state index contributed by atoms with van der Waals surface area (Å²) in [5.41, 5.74) is 23.5. The Morgan fingerprint density at radius 1 is 0.111 bits per heavy atom. The lowest BCUT2D eigenvalue weighted by molar-refractivity contribution is 1.53. The molecular formula is C134H90I5N5. The van der Waals surface area contributed by atoms with Crippen LogP contribution < -0.4 is 26.6 Å². The van der Waals surface area contributed by atoms with Gasteiger partial charge in [0.15, 0.2) is 0 Å². The Hall–Kier alpha value is -14.8. The van der Waals surface area contributed by atoms with Gasteiger partial charge in [0.2, 0.25) is 0 Å². The number of halogens is 5. The van der Waals surface area contributed by atoms with Crippen molar-refractivity contribution in [1.29, 1.82) is 0 Å². The molecule has 10 heteroatoms. The Morgan fingerprint density at radius 3 is 0.771 bits per heavy atom. The summed E-state index contributed by atoms with van der Waals surface area (Å²) in [4.78, 5) is 0. The van der Waals surface area contributed by atoms with E-state index in [1.54, 1.807) is 0 Å². The zero-order chi connectivity index (χ0) is 96.9. The Kier molecular flexibility index (Phi) is 27.1. The third kappa shape index (κ3) is 20.3. The van der Waals surface area contributed by atoms with E-state index in [4.69, 9.17) is 0 Å². The van der Waals surface area contributed by atoms with Crippen molar-refractivity contribution in [2.45, 2.75) is 0 Å². The van der Waals surface area contributed by atoms with E-state index in [1.165, 1.54) is 203 Å². The molecule has 0 heterocycles. The summed E-state index contributed by atoms with van der Waals surface area (Å²) in [7, 11) is 0. The number of fused-ring (bicyclic) bond motifs is 9. The van der Waals surface area contributed by atoms with Crippen molar-refractivity contribution in [3.63, 3.8) is 0 Å². The molecule has 5 N–H and O–H groups in total. The fourth-order valence-corrected chi connectivity index (χ4v) is 21.7. The number of nitrogens with one attached hydrogen (secondary N) is 5. The van der Waals surface area contributed by atoms with Crippen LogP contribution in [0.4, 0.5) is 56.9 Å². The van der Waals surface area contributed by atoms with Crippen LogP contribution in [0.15, 0.2) is 516 Å². The second-order valence-corrected chi connectivity index (χ2v) is 42.3. The van der Waals surface area contributed by atoms with Crippen LogP contribution in [0, 0.1) is 17.9 Å². The van der Waals surface area contributed by atoms with Gasteiger partial charge in [-0.15, -0.1) is 0 Å². The predicted octanol–water partition coefficient (Wildman–Crippen LogP) is 41.2. The maximum atomic E-state index is 3.49. The van der Waals surface area contributed by atoms with Crippen LogP contribution in [-0.2, 0) is 0 Å². The topological polar surface area (TPSA) is 60.1 Å². The molecule has 5 nitrogen and oxygen atoms in total. The van der Waals surface area contributed by atoms with Gasteiger partial charge in [0.25, 0.3) is 0 Å². The van der Waals surface area contributed by atoms with Crippen molar-refractivity contribution < 1.29 is 0 Å². The summed E-state index contributed by atoms with van der Waals surface area (Å²) in [6.45, 7) is 0. The molecule has 27 aromatic rings. The maximum Gasteiger partial charge on any atom is 0.0384 e. The molecule has 0 bridgehead atoms. The molecule has 0 amide bonds. The molecular weight excluding hydrogens is 2310 g/mol. The molecule has 0 saturated carbocycles. The van der Waals surface area contributed by atoms with Crippen LogP contribution in [-0.4, -0.2) is 0 Å². The monoisotopic (exact) mass is 2400 g/mol. The Bertz CT molecular complexity index is 9240. The highest BCUT2D eigenvalue weighted by Crippen LogP contribution is 2.45. The van der Waals surface area contributed by atoms with Crippen molar-refractivity contribution in [3.05, 3.63) is 533 Å². The van der Waals surface area contributed by atoms with E-state index >= 15 is 0 Å². The van der Waals surface area contributed by atoms with Gasteiger partial charge in [0, 0.05) is 74.7 Å². The summed E-state index contributed by atoms with van der Waals surface area (Å²) in [5, 5.41) is 48.8. The van der Waals surface area contributed by atoms with Gasteiger partial charge in [-0.05, 0) is 498 Å². The maximum absolute atomic E-state index is 3.49. The fourth-order valence-electron chi connectivity index (χ4n) is 19.9. The number of benzene rings is 27. The molecule has 0 fully saturated rings. The molecule has 0 radical (unpaired) electrons. The summed E-state index contributed by atoms with van der Waals surface area (Å²) < 4.78 is 6.19. The molecule has 0 saturated heterocycles. The lowest BCUT2D eigenvalue weighted by Crippen LogP contribution is -1.91. The molecule has 0 aliphatic rings. The van der Waals surface area contributed by atoms with Crippen LogP contribution in [0.1, 0.15) is 0 Å². The smallest absolute Gasteiger partial charge is 0.0384 e. The van der Waals surface area contributed by atoms with Crippen LogP contribution in [0.5, 0.6) is 0 Å². The second-order valence-electron chi connectivity index (χ2n) is 36.1. The lowest BCUT2D eigenvalue weighted by atomic mass is 9.89. The van der Waals surface area contributed by atoms with E-state index in [0.29, 0.717) is 0 Å². The first-order valence-corrected chi connectivity index (χ1v) is 53.4. The highest BCUT2D eigenvalue weighted by Gasteiger charge is 2.18. The van der Waals surface area contributed by atoms with E-state index < -0.39 is 0 Å². The van der Waals surface area contributed by atoms with Crippen molar-refractivity contribution in [2.24, 2.45) is 0 Å². The first-order valence-electron chi connectivity index (χ1n) is 48.1. The summed E-state index contributed by atoms with van der Waals surface area (Å²) in [5.74, 6) is 0. The van der Waals surface area contributed by atoms with E-state index in [9.17, 15) is 0 Å². The molecule has 0 aliphatic carbocycles. The minimum Gasteiger partial charge on any atom is -0.356 e. The van der Waals surface area contributed by atoms with Gasteiger partial charge < -0.3 is 26.6 Å². The second kappa shape index (κ2) is 42.0. The molecule has 0 spiro atoms. The van der Waals surface area contributed by atoms with Gasteiger partial charge in [0.1, 0.15) is 0 Å². The van der Waals surface area contributed by atoms with Crippen LogP contribution in [0.2, 0.25) is 0 Å². The van der Waals surface area contributed by atoms with E-state index in [-0.39, 0.29) is 0 Å². The summed E-state index contributed by atoms with van der Waals surface area (Å²) in [6.07, 6.45) is 0. The van der Waals surface area contributed by atoms with Gasteiger partial charge in [-0.3, -0.25) is 0 Å². The molecule has 27 aromatic carbocycles. The first kappa shape index (κ1) is 92.9. The zero-order valence-electron chi connectivity index (χ0n) is 78.0. The Morgan fingerprint density at radius 2 is 0.326 bits per heavy atom. The molecule has 686 valence electrons. The van der Waals surface area contributed by atoms with Crippen molar-refractivity contribution in [2.75, 3.05) is 26.6 Å². The molecule has 0 unspecified atom stereocenters. The van der Waals surface area contributed by atoms with Gasteiger partial charge in [0.05, 0.1) is 0 Å². The SMILES string of the molecule is Ic1ccc(Nc2ccc(-c3cc4cccc5ccc6cccc3c6c54)cc2)cc1.Ic1ccc(Nc2ccc(-c3cc4ccccc4c4ccccc34)cc2)cc1.Ic1ccc(Nc2ccc(-c3ccc4c(ccc5ccccc54)c3)cc2)cc1.Ic1ccc(Nc2ccc(-c3ccc4ccc5cccc6ccc3c4c56)cc2)cc1.Ic1ccc(Nc2ccc(-c3cccc4c3ccc3ccccc34)cc2)cc1. The van der Waals surface area contributed by atoms with E-state index in [0.717, 1.165) is 56.9 Å². The number of hydrogen-bond acceptors (Lipinski definition) is 5. The van der Waals surface area contributed by atoms with Crippen molar-refractivity contribution >= 4 is 299 Å². The van der Waals surface area contributed by atoms with Crippen LogP contribution in [0.25, 0.3) is 185 Å². The Balaban J connectivity index is 0.0000000997. The lowest BCUT2D eigenvalue weighted by Gasteiger charge is -2.15. The summed E-state index contributed by atoms with van der Waals surface area (Å²) >= 11 is 11.6. The highest BCUT2D eigenvalue weighted by molar-refractivity contribution is 14.1. The van der Waals surface area contributed by atoms with Gasteiger partial charge in [-0.25, -0.2) is 0 Å². The fraction of sp³-hybridized carbons (Fsp3) is 0. The van der Waals surface area contributed by atoms with E-state index in [2.05, 4.69) is 655 Å². The predicted molar refractivity (Wildman–Crippen MR) is 664 cm³/mol. The van der Waals surface area contributed by atoms with Gasteiger partial charge >= 0.3 is 0 Å². The normalized spacial score (nSPS) is 11.2. The first-order chi connectivity index (χ1) is 70.8. The van der Waals surface area contributed by atoms with Crippen LogP contribution in [0.3, 0.4) is 0 Å². The third-order valence-electron chi connectivity index (χ3n) is 27.0. The largest absolute Gasteiger partial charge is 0.356 e. The number of anilines is 10. The Labute approximate surface area is 904 Å². The summed E-state index contributed by atoms with van der Waals surface area (Å²) in [6, 6.07) is 185. The molecule has 0 atom stereocenters. The van der Waals surface area contributed by atoms with Crippen LogP contribution >= 0.6 is 113 Å². The zero-order valence-corrected chi connectivity index (χ0v) is 88.8. The minimum atomic E-state index is 1.09.